The summed E-state index contributed by atoms with van der Waals surface area (Å²) >= 11 is 4.53. The third kappa shape index (κ3) is 6.53. The third-order valence-electron chi connectivity index (χ3n) is 11.4. The van der Waals surface area contributed by atoms with Gasteiger partial charge in [0.2, 0.25) is 0 Å². The summed E-state index contributed by atoms with van der Waals surface area (Å²) in [5.74, 6) is -2.48. The largest absolute Gasteiger partial charge is 0.204 e. The molecule has 0 unspecified atom stereocenters. The van der Waals surface area contributed by atoms with Gasteiger partial charge in [-0.05, 0) is 167 Å². The monoisotopic (exact) mass is 1120 g/mol. The van der Waals surface area contributed by atoms with Gasteiger partial charge in [-0.3, -0.25) is 0 Å². The van der Waals surface area contributed by atoms with Gasteiger partial charge in [0.1, 0.15) is 0 Å². The molecule has 3 aliphatic carbocycles. The van der Waals surface area contributed by atoms with Gasteiger partial charge in [-0.2, -0.15) is 0 Å². The first-order valence-corrected chi connectivity index (χ1v) is 22.6. The Hall–Kier alpha value is -5.04. The molecule has 13 rings (SSSR count). The molecule has 0 N–H and O–H groups in total. The molecule has 0 spiro atoms. The van der Waals surface area contributed by atoms with Gasteiger partial charge < -0.3 is 0 Å². The van der Waals surface area contributed by atoms with Crippen LogP contribution in [0.2, 0.25) is 0 Å². The van der Waals surface area contributed by atoms with Gasteiger partial charge in [0.25, 0.3) is 0 Å². The van der Waals surface area contributed by atoms with Crippen LogP contribution in [0.15, 0.2) is 182 Å². The van der Waals surface area contributed by atoms with Crippen LogP contribution in [0.1, 0.15) is 0 Å². The van der Waals surface area contributed by atoms with Crippen molar-refractivity contribution in [3.63, 3.8) is 0 Å². The maximum atomic E-state index is 12.9. The molecule has 0 atom stereocenters. The molecular formula is C54H30F3I3. The quantitative estimate of drug-likeness (QED) is 0.0806. The van der Waals surface area contributed by atoms with Crippen LogP contribution in [-0.4, -0.2) is 0 Å². The van der Waals surface area contributed by atoms with Crippen LogP contribution in [0.4, 0.5) is 13.2 Å². The first kappa shape index (κ1) is 39.1. The third-order valence-corrected chi connectivity index (χ3v) is 14.2. The van der Waals surface area contributed by atoms with Gasteiger partial charge in [0, 0.05) is 0 Å². The molecule has 0 heterocycles. The van der Waals surface area contributed by atoms with Crippen LogP contribution >= 0.6 is 67.8 Å². The summed E-state index contributed by atoms with van der Waals surface area (Å²) in [6, 6.07) is 65.3. The van der Waals surface area contributed by atoms with Gasteiger partial charge in [-0.25, -0.2) is 13.2 Å². The first-order valence-electron chi connectivity index (χ1n) is 19.3. The maximum Gasteiger partial charge on any atom is 0.155 e. The van der Waals surface area contributed by atoms with Crippen molar-refractivity contribution >= 4 is 100 Å². The van der Waals surface area contributed by atoms with Crippen molar-refractivity contribution < 1.29 is 13.2 Å². The molecule has 0 radical (unpaired) electrons. The van der Waals surface area contributed by atoms with Gasteiger partial charge in [0.15, 0.2) is 17.5 Å². The predicted molar refractivity (Wildman–Crippen MR) is 270 cm³/mol. The van der Waals surface area contributed by atoms with Crippen LogP contribution in [0.25, 0.3) is 99.1 Å². The second-order valence-corrected chi connectivity index (χ2v) is 17.9. The molecule has 0 saturated heterocycles. The molecule has 10 aromatic carbocycles. The Kier molecular flexibility index (Phi) is 10.5. The average Bonchev–Trinajstić information content (AvgIpc) is 3.94. The number of benzene rings is 10. The Balaban J connectivity index is 0.0000000969. The second kappa shape index (κ2) is 16.1. The minimum absolute atomic E-state index is 0.164. The fraction of sp³-hybridized carbons (Fsp3) is 0. The number of fused-ring (bicyclic) bond motifs is 9. The van der Waals surface area contributed by atoms with E-state index in [9.17, 15) is 13.2 Å². The maximum absolute atomic E-state index is 12.9. The molecule has 60 heavy (non-hydrogen) atoms. The van der Waals surface area contributed by atoms with Crippen molar-refractivity contribution in [2.45, 2.75) is 0 Å². The summed E-state index contributed by atoms with van der Waals surface area (Å²) < 4.78 is 38.3. The molecule has 0 nitrogen and oxygen atoms in total. The van der Waals surface area contributed by atoms with E-state index < -0.39 is 17.5 Å². The van der Waals surface area contributed by atoms with E-state index >= 15 is 0 Å². The fourth-order valence-electron chi connectivity index (χ4n) is 8.81. The number of rotatable bonds is 0. The highest BCUT2D eigenvalue weighted by Crippen LogP contribution is 2.49. The van der Waals surface area contributed by atoms with Crippen molar-refractivity contribution in [2.24, 2.45) is 0 Å². The van der Waals surface area contributed by atoms with Crippen molar-refractivity contribution in [3.8, 4) is 66.8 Å². The molecule has 0 fully saturated rings. The number of halogens is 6. The molecule has 288 valence electrons. The van der Waals surface area contributed by atoms with Crippen molar-refractivity contribution in [2.75, 3.05) is 0 Å². The van der Waals surface area contributed by atoms with E-state index in [0.29, 0.717) is 0 Å². The lowest BCUT2D eigenvalue weighted by Crippen LogP contribution is -2.01. The topological polar surface area (TPSA) is 0 Å². The van der Waals surface area contributed by atoms with Crippen LogP contribution in [0, 0.1) is 28.2 Å². The first-order chi connectivity index (χ1) is 29.3. The van der Waals surface area contributed by atoms with E-state index in [1.54, 1.807) is 0 Å². The smallest absolute Gasteiger partial charge is 0.155 e. The lowest BCUT2D eigenvalue weighted by Gasteiger charge is -2.03. The van der Waals surface area contributed by atoms with E-state index in [-0.39, 0.29) is 10.7 Å². The highest BCUT2D eigenvalue weighted by atomic mass is 127. The molecule has 3 aliphatic rings. The molecule has 10 aromatic rings. The van der Waals surface area contributed by atoms with Gasteiger partial charge in [-0.15, -0.1) is 0 Å². The summed E-state index contributed by atoms with van der Waals surface area (Å²) in [4.78, 5) is 0. The normalized spacial score (nSPS) is 11.5. The molecular weight excluding hydrogens is 1090 g/mol. The summed E-state index contributed by atoms with van der Waals surface area (Å²) in [7, 11) is 0. The Bertz CT molecular complexity index is 2770. The minimum Gasteiger partial charge on any atom is -0.204 e. The van der Waals surface area contributed by atoms with E-state index in [1.807, 2.05) is 0 Å². The fourth-order valence-corrected chi connectivity index (χ4v) is 12.0. The Morgan fingerprint density at radius 3 is 0.567 bits per heavy atom. The van der Waals surface area contributed by atoms with Crippen LogP contribution in [0.5, 0.6) is 0 Å². The summed E-state index contributed by atoms with van der Waals surface area (Å²) in [6.07, 6.45) is 0. The molecule has 6 heteroatoms. The van der Waals surface area contributed by atoms with Crippen LogP contribution < -0.4 is 0 Å². The van der Waals surface area contributed by atoms with Crippen molar-refractivity contribution in [3.05, 3.63) is 210 Å². The van der Waals surface area contributed by atoms with Gasteiger partial charge in [-0.1, -0.05) is 182 Å². The lowest BCUT2D eigenvalue weighted by atomic mass is 10.0. The van der Waals surface area contributed by atoms with E-state index in [1.165, 1.54) is 167 Å². The van der Waals surface area contributed by atoms with Gasteiger partial charge >= 0.3 is 0 Å². The van der Waals surface area contributed by atoms with E-state index in [2.05, 4.69) is 182 Å². The highest BCUT2D eigenvalue weighted by Gasteiger charge is 2.23. The van der Waals surface area contributed by atoms with Crippen molar-refractivity contribution in [1.29, 1.82) is 0 Å². The number of hydrogen-bond acceptors (Lipinski definition) is 0. The molecule has 0 aromatic heterocycles. The van der Waals surface area contributed by atoms with E-state index in [0.717, 1.165) is 0 Å². The summed E-state index contributed by atoms with van der Waals surface area (Å²) in [5.41, 5.74) is 16.5. The molecule has 0 amide bonds. The van der Waals surface area contributed by atoms with Crippen LogP contribution in [-0.2, 0) is 0 Å². The van der Waals surface area contributed by atoms with Crippen LogP contribution in [0.3, 0.4) is 0 Å². The second-order valence-electron chi connectivity index (χ2n) is 14.6. The Labute approximate surface area is 386 Å². The van der Waals surface area contributed by atoms with Crippen molar-refractivity contribution in [1.82, 2.24) is 0 Å². The van der Waals surface area contributed by atoms with E-state index in [4.69, 9.17) is 0 Å². The molecule has 0 aliphatic heterocycles. The standard InChI is InChI=1S/3C16H10.C6F3I3/c3*1-2-8-13-12(7-1)14-9-3-5-11-6-4-10-15(13)16(11)14;7-1-4(10)2(8)6(12)3(9)5(1)11/h3*1-10H;. The predicted octanol–water partition coefficient (Wildman–Crippen LogP) is 17.4. The average molecular weight is 1120 g/mol. The highest BCUT2D eigenvalue weighted by molar-refractivity contribution is 14.1. The molecule has 0 saturated carbocycles. The zero-order valence-corrected chi connectivity index (χ0v) is 38.1. The van der Waals surface area contributed by atoms with Gasteiger partial charge in [0.05, 0.1) is 10.7 Å². The molecule has 0 bridgehead atoms. The number of hydrogen-bond donors (Lipinski definition) is 0. The zero-order valence-electron chi connectivity index (χ0n) is 31.6. The lowest BCUT2D eigenvalue weighted by molar-refractivity contribution is 0.515. The minimum atomic E-state index is -0.827. The SMILES string of the molecule is Fc1c(I)c(F)c(I)c(F)c1I.c1ccc2c(c1)-c1cccc3cccc-2c13.c1ccc2c(c1)-c1cccc3cccc-2c13.c1ccc2c(c1)-c1cccc3cccc-2c13. The zero-order chi connectivity index (χ0) is 41.1. The Morgan fingerprint density at radius 1 is 0.217 bits per heavy atom. The Morgan fingerprint density at radius 2 is 0.383 bits per heavy atom. The summed E-state index contributed by atoms with van der Waals surface area (Å²) in [6.45, 7) is 0. The summed E-state index contributed by atoms with van der Waals surface area (Å²) in [5, 5.41) is 8.24.